The summed E-state index contributed by atoms with van der Waals surface area (Å²) in [6.07, 6.45) is 5.83. The third-order valence-electron chi connectivity index (χ3n) is 5.68. The van der Waals surface area contributed by atoms with Gasteiger partial charge in [0.2, 0.25) is 15.9 Å². The highest BCUT2D eigenvalue weighted by molar-refractivity contribution is 7.89. The molecular weight excluding hydrogens is 381 g/mol. The van der Waals surface area contributed by atoms with Crippen molar-refractivity contribution >= 4 is 15.9 Å². The van der Waals surface area contributed by atoms with Crippen molar-refractivity contribution < 1.29 is 17.6 Å². The maximum absolute atomic E-state index is 13.0. The van der Waals surface area contributed by atoms with Crippen LogP contribution in [0.5, 0.6) is 0 Å². The maximum Gasteiger partial charge on any atom is 0.243 e. The minimum Gasteiger partial charge on any atom is -0.356 e. The van der Waals surface area contributed by atoms with E-state index < -0.39 is 15.8 Å². The van der Waals surface area contributed by atoms with Crippen LogP contribution in [0.3, 0.4) is 0 Å². The van der Waals surface area contributed by atoms with Crippen LogP contribution >= 0.6 is 0 Å². The lowest BCUT2D eigenvalue weighted by Gasteiger charge is -2.30. The Morgan fingerprint density at radius 1 is 1.04 bits per heavy atom. The molecule has 6 nitrogen and oxygen atoms in total. The molecule has 0 bridgehead atoms. The first-order chi connectivity index (χ1) is 13.5. The number of hydrogen-bond donors (Lipinski definition) is 1. The normalized spacial score (nSPS) is 20.2. The van der Waals surface area contributed by atoms with Gasteiger partial charge in [-0.05, 0) is 76.0 Å². The summed E-state index contributed by atoms with van der Waals surface area (Å²) in [5.74, 6) is -0.582. The van der Waals surface area contributed by atoms with Gasteiger partial charge in [-0.3, -0.25) is 4.79 Å². The molecule has 1 N–H and O–H groups in total. The second kappa shape index (κ2) is 9.80. The van der Waals surface area contributed by atoms with Crippen LogP contribution in [0.25, 0.3) is 0 Å². The monoisotopic (exact) mass is 411 g/mol. The van der Waals surface area contributed by atoms with E-state index in [0.29, 0.717) is 32.5 Å². The SMILES string of the molecule is O=C(NCCCN1CCCCC1)C1CCN(S(=O)(=O)c2ccc(F)cc2)CC1. The molecule has 1 aromatic carbocycles. The van der Waals surface area contributed by atoms with Gasteiger partial charge in [-0.15, -0.1) is 0 Å². The zero-order valence-electron chi connectivity index (χ0n) is 16.3. The van der Waals surface area contributed by atoms with Crippen molar-refractivity contribution in [2.24, 2.45) is 5.92 Å². The number of amides is 1. The Kier molecular flexibility index (Phi) is 7.42. The number of carbonyl (C=O) groups is 1. The molecule has 2 fully saturated rings. The molecule has 0 unspecified atom stereocenters. The van der Waals surface area contributed by atoms with E-state index in [1.54, 1.807) is 0 Å². The molecule has 2 heterocycles. The van der Waals surface area contributed by atoms with E-state index in [-0.39, 0.29) is 16.7 Å². The number of sulfonamides is 1. The lowest BCUT2D eigenvalue weighted by Crippen LogP contribution is -2.43. The molecule has 0 spiro atoms. The third kappa shape index (κ3) is 5.52. The predicted molar refractivity (Wildman–Crippen MR) is 106 cm³/mol. The van der Waals surface area contributed by atoms with Crippen molar-refractivity contribution in [3.63, 3.8) is 0 Å². The minimum atomic E-state index is -3.63. The Morgan fingerprint density at radius 2 is 1.68 bits per heavy atom. The first-order valence-electron chi connectivity index (χ1n) is 10.2. The molecule has 0 radical (unpaired) electrons. The van der Waals surface area contributed by atoms with Crippen LogP contribution in [0.1, 0.15) is 38.5 Å². The van der Waals surface area contributed by atoms with Crippen molar-refractivity contribution in [3.05, 3.63) is 30.1 Å². The van der Waals surface area contributed by atoms with E-state index in [1.165, 1.54) is 35.7 Å². The molecule has 1 aromatic rings. The zero-order valence-corrected chi connectivity index (χ0v) is 17.1. The van der Waals surface area contributed by atoms with Gasteiger partial charge in [0.1, 0.15) is 5.82 Å². The molecule has 1 amide bonds. The Balaban J connectivity index is 1.40. The molecule has 2 aliphatic heterocycles. The zero-order chi connectivity index (χ0) is 20.0. The number of hydrogen-bond acceptors (Lipinski definition) is 4. The first-order valence-corrected chi connectivity index (χ1v) is 11.7. The molecule has 2 aliphatic rings. The van der Waals surface area contributed by atoms with E-state index in [0.717, 1.165) is 38.2 Å². The fourth-order valence-corrected chi connectivity index (χ4v) is 5.43. The van der Waals surface area contributed by atoms with Gasteiger partial charge in [-0.1, -0.05) is 6.42 Å². The second-order valence-corrected chi connectivity index (χ2v) is 9.62. The predicted octanol–water partition coefficient (Wildman–Crippen LogP) is 2.22. The first kappa shape index (κ1) is 21.2. The summed E-state index contributed by atoms with van der Waals surface area (Å²) in [4.78, 5) is 14.9. The van der Waals surface area contributed by atoms with Crippen molar-refractivity contribution in [2.45, 2.75) is 43.4 Å². The van der Waals surface area contributed by atoms with Gasteiger partial charge in [-0.25, -0.2) is 12.8 Å². The highest BCUT2D eigenvalue weighted by atomic mass is 32.2. The Hall–Kier alpha value is -1.51. The van der Waals surface area contributed by atoms with Crippen LogP contribution in [0.15, 0.2) is 29.2 Å². The number of benzene rings is 1. The summed E-state index contributed by atoms with van der Waals surface area (Å²) in [5, 5.41) is 3.01. The number of likely N-dealkylation sites (tertiary alicyclic amines) is 1. The Labute approximate surface area is 167 Å². The van der Waals surface area contributed by atoms with E-state index in [2.05, 4.69) is 10.2 Å². The fourth-order valence-electron chi connectivity index (χ4n) is 3.96. The highest BCUT2D eigenvalue weighted by Crippen LogP contribution is 2.24. The summed E-state index contributed by atoms with van der Waals surface area (Å²) in [6.45, 7) is 4.64. The van der Waals surface area contributed by atoms with Crippen molar-refractivity contribution in [1.29, 1.82) is 0 Å². The molecule has 0 saturated carbocycles. The number of rotatable bonds is 7. The molecule has 2 saturated heterocycles. The Bertz CT molecular complexity index is 740. The van der Waals surface area contributed by atoms with Crippen molar-refractivity contribution in [3.8, 4) is 0 Å². The second-order valence-electron chi connectivity index (χ2n) is 7.68. The van der Waals surface area contributed by atoms with E-state index in [1.807, 2.05) is 0 Å². The summed E-state index contributed by atoms with van der Waals surface area (Å²) >= 11 is 0. The van der Waals surface area contributed by atoms with Gasteiger partial charge in [0.25, 0.3) is 0 Å². The van der Waals surface area contributed by atoms with E-state index >= 15 is 0 Å². The molecule has 8 heteroatoms. The van der Waals surface area contributed by atoms with E-state index in [4.69, 9.17) is 0 Å². The molecule has 0 aliphatic carbocycles. The summed E-state index contributed by atoms with van der Waals surface area (Å²) in [7, 11) is -3.63. The third-order valence-corrected chi connectivity index (χ3v) is 7.59. The molecule has 0 aromatic heterocycles. The Morgan fingerprint density at radius 3 is 2.32 bits per heavy atom. The average Bonchev–Trinajstić information content (AvgIpc) is 2.72. The van der Waals surface area contributed by atoms with Gasteiger partial charge < -0.3 is 10.2 Å². The van der Waals surface area contributed by atoms with Crippen LogP contribution in [-0.4, -0.2) is 62.8 Å². The minimum absolute atomic E-state index is 0.0254. The summed E-state index contributed by atoms with van der Waals surface area (Å²) in [6, 6.07) is 4.87. The van der Waals surface area contributed by atoms with Crippen LogP contribution in [-0.2, 0) is 14.8 Å². The molecule has 3 rings (SSSR count). The summed E-state index contributed by atoms with van der Waals surface area (Å²) in [5.41, 5.74) is 0. The van der Waals surface area contributed by atoms with Gasteiger partial charge in [-0.2, -0.15) is 4.31 Å². The molecule has 0 atom stereocenters. The van der Waals surface area contributed by atoms with Crippen LogP contribution in [0, 0.1) is 11.7 Å². The maximum atomic E-state index is 13.0. The number of piperidine rings is 2. The van der Waals surface area contributed by atoms with Crippen molar-refractivity contribution in [1.82, 2.24) is 14.5 Å². The quantitative estimate of drug-likeness (QED) is 0.699. The van der Waals surface area contributed by atoms with Gasteiger partial charge in [0.15, 0.2) is 0 Å². The van der Waals surface area contributed by atoms with E-state index in [9.17, 15) is 17.6 Å². The number of nitrogens with one attached hydrogen (secondary N) is 1. The smallest absolute Gasteiger partial charge is 0.243 e. The van der Waals surface area contributed by atoms with Gasteiger partial charge in [0.05, 0.1) is 4.90 Å². The highest BCUT2D eigenvalue weighted by Gasteiger charge is 2.32. The largest absolute Gasteiger partial charge is 0.356 e. The van der Waals surface area contributed by atoms with Crippen molar-refractivity contribution in [2.75, 3.05) is 39.3 Å². The standard InChI is InChI=1S/C20H30FN3O3S/c21-18-5-7-19(8-6-18)28(26,27)24-15-9-17(10-16-24)20(25)22-11-4-14-23-12-2-1-3-13-23/h5-8,17H,1-4,9-16H2,(H,22,25). The van der Waals surface area contributed by atoms with Crippen LogP contribution < -0.4 is 5.32 Å². The molecule has 28 heavy (non-hydrogen) atoms. The number of nitrogens with zero attached hydrogens (tertiary/aromatic N) is 2. The van der Waals surface area contributed by atoms with Crippen LogP contribution in [0.4, 0.5) is 4.39 Å². The summed E-state index contributed by atoms with van der Waals surface area (Å²) < 4.78 is 39.7. The molecular formula is C20H30FN3O3S. The lowest BCUT2D eigenvalue weighted by molar-refractivity contribution is -0.126. The average molecular weight is 412 g/mol. The van der Waals surface area contributed by atoms with Gasteiger partial charge in [0, 0.05) is 25.6 Å². The fraction of sp³-hybridized carbons (Fsp3) is 0.650. The topological polar surface area (TPSA) is 69.7 Å². The molecule has 156 valence electrons. The lowest BCUT2D eigenvalue weighted by atomic mass is 9.97. The number of halogens is 1. The van der Waals surface area contributed by atoms with Crippen LogP contribution in [0.2, 0.25) is 0 Å². The van der Waals surface area contributed by atoms with Gasteiger partial charge >= 0.3 is 0 Å². The number of carbonyl (C=O) groups excluding carboxylic acids is 1.